The average Bonchev–Trinajstić information content (AvgIpc) is 2.58. The highest BCUT2D eigenvalue weighted by Gasteiger charge is 2.36. The first-order valence-electron chi connectivity index (χ1n) is 8.04. The zero-order valence-corrected chi connectivity index (χ0v) is 13.9. The molecule has 0 unspecified atom stereocenters. The van der Waals surface area contributed by atoms with Crippen LogP contribution in [-0.4, -0.2) is 47.6 Å². The Morgan fingerprint density at radius 2 is 2.08 bits per heavy atom. The van der Waals surface area contributed by atoms with Crippen LogP contribution in [0.15, 0.2) is 24.3 Å². The van der Waals surface area contributed by atoms with Gasteiger partial charge in [-0.3, -0.25) is 9.59 Å². The SMILES string of the molecule is CNC(=O)CC[C@@]1(O)CCCN(C(=O)c2cccc(C(F)(F)F)c2)C1. The molecule has 0 spiro atoms. The number of carbonyl (C=O) groups is 2. The van der Waals surface area contributed by atoms with E-state index in [0.717, 1.165) is 12.1 Å². The smallest absolute Gasteiger partial charge is 0.388 e. The number of aliphatic hydroxyl groups is 1. The number of alkyl halides is 3. The third kappa shape index (κ3) is 4.94. The van der Waals surface area contributed by atoms with E-state index in [1.54, 1.807) is 0 Å². The van der Waals surface area contributed by atoms with Crippen LogP contribution in [0.2, 0.25) is 0 Å². The molecule has 0 bridgehead atoms. The molecule has 1 aliphatic rings. The molecular weight excluding hydrogens is 337 g/mol. The predicted octanol–water partition coefficient (Wildman–Crippen LogP) is 2.20. The van der Waals surface area contributed by atoms with Crippen LogP contribution in [0.5, 0.6) is 0 Å². The number of hydrogen-bond acceptors (Lipinski definition) is 3. The van der Waals surface area contributed by atoms with E-state index in [0.29, 0.717) is 19.4 Å². The molecule has 1 aromatic rings. The zero-order valence-electron chi connectivity index (χ0n) is 13.9. The van der Waals surface area contributed by atoms with Gasteiger partial charge in [0.15, 0.2) is 0 Å². The summed E-state index contributed by atoms with van der Waals surface area (Å²) in [6, 6.07) is 4.25. The normalized spacial score (nSPS) is 21.1. The Kier molecular flexibility index (Phi) is 5.72. The molecule has 1 saturated heterocycles. The van der Waals surface area contributed by atoms with Crippen molar-refractivity contribution in [3.63, 3.8) is 0 Å². The Balaban J connectivity index is 2.10. The highest BCUT2D eigenvalue weighted by atomic mass is 19.4. The van der Waals surface area contributed by atoms with Gasteiger partial charge in [0.1, 0.15) is 0 Å². The number of carbonyl (C=O) groups excluding carboxylic acids is 2. The molecule has 1 aliphatic heterocycles. The lowest BCUT2D eigenvalue weighted by Crippen LogP contribution is -2.50. The fourth-order valence-corrected chi connectivity index (χ4v) is 2.97. The molecule has 1 aromatic carbocycles. The fourth-order valence-electron chi connectivity index (χ4n) is 2.97. The van der Waals surface area contributed by atoms with Gasteiger partial charge in [0, 0.05) is 32.1 Å². The van der Waals surface area contributed by atoms with Crippen molar-refractivity contribution in [3.8, 4) is 0 Å². The predicted molar refractivity (Wildman–Crippen MR) is 84.8 cm³/mol. The van der Waals surface area contributed by atoms with Crippen LogP contribution in [0, 0.1) is 0 Å². The number of β-amino-alcohol motifs (C(OH)–C–C–N with tert-alkyl or cyclic N) is 1. The summed E-state index contributed by atoms with van der Waals surface area (Å²) < 4.78 is 38.4. The Bertz CT molecular complexity index is 648. The first kappa shape index (κ1) is 19.2. The van der Waals surface area contributed by atoms with E-state index in [4.69, 9.17) is 0 Å². The minimum Gasteiger partial charge on any atom is -0.388 e. The van der Waals surface area contributed by atoms with E-state index in [2.05, 4.69) is 5.32 Å². The summed E-state index contributed by atoms with van der Waals surface area (Å²) in [5.41, 5.74) is -2.15. The van der Waals surface area contributed by atoms with Gasteiger partial charge in [0.2, 0.25) is 5.91 Å². The van der Waals surface area contributed by atoms with Gasteiger partial charge in [0.25, 0.3) is 5.91 Å². The van der Waals surface area contributed by atoms with Gasteiger partial charge in [-0.25, -0.2) is 0 Å². The van der Waals surface area contributed by atoms with Crippen LogP contribution in [0.4, 0.5) is 13.2 Å². The third-order valence-electron chi connectivity index (χ3n) is 4.38. The lowest BCUT2D eigenvalue weighted by atomic mass is 9.88. The summed E-state index contributed by atoms with van der Waals surface area (Å²) in [5, 5.41) is 13.1. The summed E-state index contributed by atoms with van der Waals surface area (Å²) >= 11 is 0. The number of piperidine rings is 1. The van der Waals surface area contributed by atoms with E-state index >= 15 is 0 Å². The van der Waals surface area contributed by atoms with Gasteiger partial charge in [-0.2, -0.15) is 13.2 Å². The van der Waals surface area contributed by atoms with Crippen molar-refractivity contribution in [1.29, 1.82) is 0 Å². The standard InChI is InChI=1S/C17H21F3N2O3/c1-21-14(23)6-8-16(25)7-3-9-22(11-16)15(24)12-4-2-5-13(10-12)17(18,19)20/h2,4-5,10,25H,3,6-9,11H2,1H3,(H,21,23)/t16-/m0/s1. The van der Waals surface area contributed by atoms with E-state index in [1.807, 2.05) is 0 Å². The van der Waals surface area contributed by atoms with Crippen molar-refractivity contribution in [1.82, 2.24) is 10.2 Å². The molecule has 0 aliphatic carbocycles. The van der Waals surface area contributed by atoms with Crippen LogP contribution in [0.25, 0.3) is 0 Å². The van der Waals surface area contributed by atoms with Gasteiger partial charge in [-0.05, 0) is 37.5 Å². The molecule has 0 aromatic heterocycles. The maximum absolute atomic E-state index is 12.8. The second kappa shape index (κ2) is 7.43. The van der Waals surface area contributed by atoms with Gasteiger partial charge in [-0.15, -0.1) is 0 Å². The summed E-state index contributed by atoms with van der Waals surface area (Å²) in [6.45, 7) is 0.358. The molecule has 0 radical (unpaired) electrons. The van der Waals surface area contributed by atoms with Crippen molar-refractivity contribution in [2.45, 2.75) is 37.5 Å². The third-order valence-corrected chi connectivity index (χ3v) is 4.38. The topological polar surface area (TPSA) is 69.6 Å². The molecule has 1 fully saturated rings. The van der Waals surface area contributed by atoms with Crippen LogP contribution >= 0.6 is 0 Å². The van der Waals surface area contributed by atoms with Gasteiger partial charge >= 0.3 is 6.18 Å². The second-order valence-electron chi connectivity index (χ2n) is 6.31. The molecular formula is C17H21F3N2O3. The first-order chi connectivity index (χ1) is 11.6. The van der Waals surface area contributed by atoms with Gasteiger partial charge in [0.05, 0.1) is 11.2 Å². The molecule has 1 atom stereocenters. The lowest BCUT2D eigenvalue weighted by molar-refractivity contribution is -0.137. The zero-order chi connectivity index (χ0) is 18.7. The molecule has 2 amide bonds. The van der Waals surface area contributed by atoms with Crippen molar-refractivity contribution in [3.05, 3.63) is 35.4 Å². The van der Waals surface area contributed by atoms with Crippen molar-refractivity contribution in [2.24, 2.45) is 0 Å². The average molecular weight is 358 g/mol. The van der Waals surface area contributed by atoms with Crippen LogP contribution < -0.4 is 5.32 Å². The number of hydrogen-bond donors (Lipinski definition) is 2. The molecule has 138 valence electrons. The Labute approximate surface area is 143 Å². The number of benzene rings is 1. The van der Waals surface area contributed by atoms with E-state index in [9.17, 15) is 27.9 Å². The van der Waals surface area contributed by atoms with Crippen LogP contribution in [0.1, 0.15) is 41.6 Å². The molecule has 0 saturated carbocycles. The maximum atomic E-state index is 12.8. The molecule has 25 heavy (non-hydrogen) atoms. The fraction of sp³-hybridized carbons (Fsp3) is 0.529. The second-order valence-corrected chi connectivity index (χ2v) is 6.31. The van der Waals surface area contributed by atoms with Crippen LogP contribution in [0.3, 0.4) is 0 Å². The highest BCUT2D eigenvalue weighted by molar-refractivity contribution is 5.94. The number of likely N-dealkylation sites (tertiary alicyclic amines) is 1. The lowest BCUT2D eigenvalue weighted by Gasteiger charge is -2.39. The number of amides is 2. The molecule has 8 heteroatoms. The molecule has 2 rings (SSSR count). The quantitative estimate of drug-likeness (QED) is 0.867. The Hall–Kier alpha value is -2.09. The summed E-state index contributed by atoms with van der Waals surface area (Å²) in [5.74, 6) is -0.765. The summed E-state index contributed by atoms with van der Waals surface area (Å²) in [7, 11) is 1.50. The van der Waals surface area contributed by atoms with E-state index in [1.165, 1.54) is 24.1 Å². The Morgan fingerprint density at radius 1 is 1.36 bits per heavy atom. The van der Waals surface area contributed by atoms with Gasteiger partial charge in [-0.1, -0.05) is 6.07 Å². The van der Waals surface area contributed by atoms with E-state index < -0.39 is 23.2 Å². The van der Waals surface area contributed by atoms with Crippen molar-refractivity contribution in [2.75, 3.05) is 20.1 Å². The maximum Gasteiger partial charge on any atom is 0.416 e. The van der Waals surface area contributed by atoms with Crippen molar-refractivity contribution < 1.29 is 27.9 Å². The number of nitrogens with zero attached hydrogens (tertiary/aromatic N) is 1. The summed E-state index contributed by atoms with van der Waals surface area (Å²) in [4.78, 5) is 25.2. The first-order valence-corrected chi connectivity index (χ1v) is 8.04. The number of halogens is 3. The Morgan fingerprint density at radius 3 is 2.72 bits per heavy atom. The minimum absolute atomic E-state index is 0.000920. The molecule has 2 N–H and O–H groups in total. The van der Waals surface area contributed by atoms with E-state index in [-0.39, 0.29) is 30.9 Å². The number of rotatable bonds is 4. The van der Waals surface area contributed by atoms with Crippen LogP contribution in [-0.2, 0) is 11.0 Å². The largest absolute Gasteiger partial charge is 0.416 e. The molecule has 5 nitrogen and oxygen atoms in total. The number of nitrogens with one attached hydrogen (secondary N) is 1. The monoisotopic (exact) mass is 358 g/mol. The van der Waals surface area contributed by atoms with Crippen molar-refractivity contribution >= 4 is 11.8 Å². The minimum atomic E-state index is -4.52. The van der Waals surface area contributed by atoms with Gasteiger partial charge < -0.3 is 15.3 Å². The molecule has 1 heterocycles. The summed E-state index contributed by atoms with van der Waals surface area (Å²) in [6.07, 6.45) is -3.24. The highest BCUT2D eigenvalue weighted by Crippen LogP contribution is 2.31.